The van der Waals surface area contributed by atoms with Crippen LogP contribution in [0.25, 0.3) is 0 Å². The minimum atomic E-state index is -4.37. The minimum Gasteiger partial charge on any atom is -0.383 e. The van der Waals surface area contributed by atoms with Gasteiger partial charge in [0, 0.05) is 32.8 Å². The zero-order chi connectivity index (χ0) is 14.3. The highest BCUT2D eigenvalue weighted by molar-refractivity contribution is 4.88. The van der Waals surface area contributed by atoms with E-state index in [1.807, 2.05) is 0 Å². The Balaban J connectivity index is 4.97. The summed E-state index contributed by atoms with van der Waals surface area (Å²) in [5, 5.41) is 0. The quantitative estimate of drug-likeness (QED) is 0.722. The standard InChI is InChI=1S/C11H23F3N2O2/c1-8(7-18-4)16(5-6-17-3)10(9(2)15)11(12,13)14/h8-10H,5-7,15H2,1-4H3. The third-order valence-corrected chi connectivity index (χ3v) is 2.72. The number of hydrogen-bond donors (Lipinski definition) is 1. The SMILES string of the molecule is COCCN(C(C)COC)C(C(C)N)C(F)(F)F. The van der Waals surface area contributed by atoms with E-state index in [4.69, 9.17) is 15.2 Å². The van der Waals surface area contributed by atoms with Gasteiger partial charge in [-0.2, -0.15) is 13.2 Å². The Hall–Kier alpha value is -0.370. The Morgan fingerprint density at radius 1 is 1.17 bits per heavy atom. The zero-order valence-electron chi connectivity index (χ0n) is 11.3. The van der Waals surface area contributed by atoms with E-state index in [1.54, 1.807) is 6.92 Å². The first-order chi connectivity index (χ1) is 8.25. The molecule has 4 nitrogen and oxygen atoms in total. The fourth-order valence-electron chi connectivity index (χ4n) is 1.96. The van der Waals surface area contributed by atoms with E-state index in [0.717, 1.165) is 0 Å². The summed E-state index contributed by atoms with van der Waals surface area (Å²) >= 11 is 0. The van der Waals surface area contributed by atoms with Crippen LogP contribution in [-0.4, -0.2) is 63.2 Å². The third kappa shape index (κ3) is 5.51. The first-order valence-corrected chi connectivity index (χ1v) is 5.81. The van der Waals surface area contributed by atoms with E-state index in [2.05, 4.69) is 0 Å². The van der Waals surface area contributed by atoms with Crippen LogP contribution in [0.4, 0.5) is 13.2 Å². The van der Waals surface area contributed by atoms with E-state index in [9.17, 15) is 13.2 Å². The smallest absolute Gasteiger partial charge is 0.383 e. The lowest BCUT2D eigenvalue weighted by Crippen LogP contribution is -2.59. The zero-order valence-corrected chi connectivity index (χ0v) is 11.3. The maximum absolute atomic E-state index is 13.0. The number of halogens is 3. The monoisotopic (exact) mass is 272 g/mol. The van der Waals surface area contributed by atoms with Crippen LogP contribution < -0.4 is 5.73 Å². The molecular formula is C11H23F3N2O2. The molecule has 2 N–H and O–H groups in total. The van der Waals surface area contributed by atoms with Crippen molar-refractivity contribution in [1.82, 2.24) is 4.90 Å². The fourth-order valence-corrected chi connectivity index (χ4v) is 1.96. The fraction of sp³-hybridized carbons (Fsp3) is 1.00. The molecule has 0 aliphatic heterocycles. The number of rotatable bonds is 8. The van der Waals surface area contributed by atoms with Gasteiger partial charge in [0.05, 0.1) is 13.2 Å². The minimum absolute atomic E-state index is 0.159. The molecule has 3 atom stereocenters. The Morgan fingerprint density at radius 2 is 1.72 bits per heavy atom. The first kappa shape index (κ1) is 17.6. The Labute approximate surface area is 106 Å². The maximum Gasteiger partial charge on any atom is 0.405 e. The summed E-state index contributed by atoms with van der Waals surface area (Å²) in [4.78, 5) is 1.29. The summed E-state index contributed by atoms with van der Waals surface area (Å²) in [5.41, 5.74) is 5.49. The molecule has 18 heavy (non-hydrogen) atoms. The van der Waals surface area contributed by atoms with Gasteiger partial charge in [0.15, 0.2) is 0 Å². The van der Waals surface area contributed by atoms with Gasteiger partial charge in [-0.25, -0.2) is 0 Å². The molecule has 7 heteroatoms. The van der Waals surface area contributed by atoms with Crippen molar-refractivity contribution in [1.29, 1.82) is 0 Å². The molecule has 0 aromatic carbocycles. The molecule has 0 rings (SSSR count). The molecule has 0 aliphatic carbocycles. The molecule has 3 unspecified atom stereocenters. The van der Waals surface area contributed by atoms with E-state index in [1.165, 1.54) is 26.0 Å². The van der Waals surface area contributed by atoms with Crippen molar-refractivity contribution in [2.75, 3.05) is 34.0 Å². The highest BCUT2D eigenvalue weighted by Gasteiger charge is 2.46. The largest absolute Gasteiger partial charge is 0.405 e. The van der Waals surface area contributed by atoms with Gasteiger partial charge >= 0.3 is 6.18 Å². The van der Waals surface area contributed by atoms with Crippen molar-refractivity contribution in [3.8, 4) is 0 Å². The molecule has 0 spiro atoms. The Morgan fingerprint density at radius 3 is 2.06 bits per heavy atom. The predicted octanol–water partition coefficient (Wildman–Crippen LogP) is 1.25. The van der Waals surface area contributed by atoms with Gasteiger partial charge in [-0.15, -0.1) is 0 Å². The molecular weight excluding hydrogens is 249 g/mol. The number of methoxy groups -OCH3 is 2. The van der Waals surface area contributed by atoms with Gasteiger partial charge in [0.25, 0.3) is 0 Å². The average molecular weight is 272 g/mol. The third-order valence-electron chi connectivity index (χ3n) is 2.72. The molecule has 0 radical (unpaired) electrons. The van der Waals surface area contributed by atoms with Crippen LogP contribution in [0.2, 0.25) is 0 Å². The molecule has 0 bridgehead atoms. The van der Waals surface area contributed by atoms with Gasteiger partial charge in [-0.05, 0) is 13.8 Å². The van der Waals surface area contributed by atoms with Crippen molar-refractivity contribution in [3.63, 3.8) is 0 Å². The van der Waals surface area contributed by atoms with Crippen molar-refractivity contribution in [2.45, 2.75) is 38.1 Å². The molecule has 0 fully saturated rings. The van der Waals surface area contributed by atoms with Crippen LogP contribution >= 0.6 is 0 Å². The number of nitrogens with zero attached hydrogens (tertiary/aromatic N) is 1. The molecule has 0 saturated heterocycles. The second kappa shape index (κ2) is 7.93. The molecule has 110 valence electrons. The highest BCUT2D eigenvalue weighted by atomic mass is 19.4. The molecule has 0 amide bonds. The summed E-state index contributed by atoms with van der Waals surface area (Å²) in [6.07, 6.45) is -4.37. The van der Waals surface area contributed by atoms with Crippen molar-refractivity contribution >= 4 is 0 Å². The van der Waals surface area contributed by atoms with Gasteiger partial charge in [0.1, 0.15) is 6.04 Å². The Bertz CT molecular complexity index is 225. The van der Waals surface area contributed by atoms with E-state index >= 15 is 0 Å². The van der Waals surface area contributed by atoms with E-state index < -0.39 is 18.3 Å². The normalized spacial score (nSPS) is 17.8. The first-order valence-electron chi connectivity index (χ1n) is 5.81. The lowest BCUT2D eigenvalue weighted by Gasteiger charge is -2.39. The second-order valence-electron chi connectivity index (χ2n) is 4.38. The van der Waals surface area contributed by atoms with Crippen LogP contribution in [0.15, 0.2) is 0 Å². The molecule has 0 saturated carbocycles. The summed E-state index contributed by atoms with van der Waals surface area (Å²) in [6.45, 7) is 3.63. The number of alkyl halides is 3. The van der Waals surface area contributed by atoms with Gasteiger partial charge in [-0.3, -0.25) is 4.90 Å². The maximum atomic E-state index is 13.0. The summed E-state index contributed by atoms with van der Waals surface area (Å²) < 4.78 is 48.9. The lowest BCUT2D eigenvalue weighted by molar-refractivity contribution is -0.196. The molecule has 0 heterocycles. The summed E-state index contributed by atoms with van der Waals surface area (Å²) in [5.74, 6) is 0. The van der Waals surface area contributed by atoms with E-state index in [0.29, 0.717) is 0 Å². The van der Waals surface area contributed by atoms with Crippen molar-refractivity contribution < 1.29 is 22.6 Å². The number of nitrogens with two attached hydrogens (primary N) is 1. The number of hydrogen-bond acceptors (Lipinski definition) is 4. The van der Waals surface area contributed by atoms with Gasteiger partial charge in [0.2, 0.25) is 0 Å². The van der Waals surface area contributed by atoms with Gasteiger partial charge < -0.3 is 15.2 Å². The average Bonchev–Trinajstić information content (AvgIpc) is 2.21. The predicted molar refractivity (Wildman–Crippen MR) is 63.4 cm³/mol. The summed E-state index contributed by atoms with van der Waals surface area (Å²) in [7, 11) is 2.91. The van der Waals surface area contributed by atoms with Crippen molar-refractivity contribution in [3.05, 3.63) is 0 Å². The molecule has 0 aromatic rings. The summed E-state index contributed by atoms with van der Waals surface area (Å²) in [6, 6.07) is -3.10. The molecule has 0 aliphatic rings. The van der Waals surface area contributed by atoms with Crippen LogP contribution in [0.5, 0.6) is 0 Å². The molecule has 0 aromatic heterocycles. The van der Waals surface area contributed by atoms with E-state index in [-0.39, 0.29) is 25.8 Å². The van der Waals surface area contributed by atoms with Crippen LogP contribution in [-0.2, 0) is 9.47 Å². The van der Waals surface area contributed by atoms with Gasteiger partial charge in [-0.1, -0.05) is 0 Å². The topological polar surface area (TPSA) is 47.7 Å². The van der Waals surface area contributed by atoms with Crippen molar-refractivity contribution in [2.24, 2.45) is 5.73 Å². The lowest BCUT2D eigenvalue weighted by atomic mass is 10.1. The van der Waals surface area contributed by atoms with Crippen LogP contribution in [0, 0.1) is 0 Å². The highest BCUT2D eigenvalue weighted by Crippen LogP contribution is 2.28. The van der Waals surface area contributed by atoms with Crippen LogP contribution in [0.3, 0.4) is 0 Å². The second-order valence-corrected chi connectivity index (χ2v) is 4.38. The Kier molecular flexibility index (Phi) is 7.77. The van der Waals surface area contributed by atoms with Crippen LogP contribution in [0.1, 0.15) is 13.8 Å². The number of ether oxygens (including phenoxy) is 2.